The number of halogens is 1. The lowest BCUT2D eigenvalue weighted by Crippen LogP contribution is -1.95. The lowest BCUT2D eigenvalue weighted by molar-refractivity contribution is 0.393. The molecule has 1 aromatic rings. The molecular weight excluding hydrogens is 181 g/mol. The van der Waals surface area contributed by atoms with E-state index in [9.17, 15) is 4.39 Å². The highest BCUT2D eigenvalue weighted by Gasteiger charge is 2.04. The Morgan fingerprint density at radius 3 is 2.79 bits per heavy atom. The molecule has 2 nitrogen and oxygen atoms in total. The molecule has 0 N–H and O–H groups in total. The van der Waals surface area contributed by atoms with Crippen LogP contribution in [-0.2, 0) is 6.42 Å². The summed E-state index contributed by atoms with van der Waals surface area (Å²) in [6, 6.07) is 1.33. The maximum atomic E-state index is 13.3. The van der Waals surface area contributed by atoms with Crippen LogP contribution in [0.15, 0.2) is 12.3 Å². The summed E-state index contributed by atoms with van der Waals surface area (Å²) in [7, 11) is 1.48. The Bertz CT molecular complexity index is 289. The number of nitrogens with zero attached hydrogens (tertiary/aromatic N) is 1. The van der Waals surface area contributed by atoms with E-state index in [1.54, 1.807) is 6.20 Å². The van der Waals surface area contributed by atoms with Gasteiger partial charge in [0.05, 0.1) is 7.11 Å². The lowest BCUT2D eigenvalue weighted by atomic mass is 10.1. The van der Waals surface area contributed by atoms with Gasteiger partial charge in [0.25, 0.3) is 0 Å². The molecule has 0 fully saturated rings. The number of hydrogen-bond donors (Lipinski definition) is 0. The van der Waals surface area contributed by atoms with Crippen LogP contribution in [0, 0.1) is 5.82 Å². The Hall–Kier alpha value is -1.12. The van der Waals surface area contributed by atoms with E-state index >= 15 is 0 Å². The number of ether oxygens (including phenoxy) is 1. The van der Waals surface area contributed by atoms with Crippen LogP contribution in [0.3, 0.4) is 0 Å². The fraction of sp³-hybridized carbons (Fsp3) is 0.545. The summed E-state index contributed by atoms with van der Waals surface area (Å²) in [6.07, 6.45) is 5.61. The van der Waals surface area contributed by atoms with Crippen molar-refractivity contribution in [2.24, 2.45) is 0 Å². The molecule has 78 valence electrons. The predicted molar refractivity (Wildman–Crippen MR) is 54.0 cm³/mol. The second kappa shape index (κ2) is 5.58. The van der Waals surface area contributed by atoms with E-state index in [1.165, 1.54) is 13.2 Å². The molecule has 1 heterocycles. The normalized spacial score (nSPS) is 10.2. The van der Waals surface area contributed by atoms with Crippen molar-refractivity contribution >= 4 is 0 Å². The van der Waals surface area contributed by atoms with Crippen LogP contribution in [-0.4, -0.2) is 12.1 Å². The number of hydrogen-bond acceptors (Lipinski definition) is 2. The van der Waals surface area contributed by atoms with E-state index in [1.807, 2.05) is 0 Å². The fourth-order valence-electron chi connectivity index (χ4n) is 1.30. The van der Waals surface area contributed by atoms with E-state index in [0.717, 1.165) is 25.7 Å². The molecule has 0 amide bonds. The fourth-order valence-corrected chi connectivity index (χ4v) is 1.30. The Labute approximate surface area is 84.1 Å². The number of pyridine rings is 1. The third kappa shape index (κ3) is 2.98. The zero-order valence-corrected chi connectivity index (χ0v) is 8.72. The van der Waals surface area contributed by atoms with Gasteiger partial charge in [0.2, 0.25) is 5.88 Å². The predicted octanol–water partition coefficient (Wildman–Crippen LogP) is 2.96. The Morgan fingerprint density at radius 1 is 1.43 bits per heavy atom. The number of unbranched alkanes of at least 4 members (excludes halogenated alkanes) is 2. The van der Waals surface area contributed by atoms with E-state index in [0.29, 0.717) is 11.4 Å². The smallest absolute Gasteiger partial charge is 0.215 e. The van der Waals surface area contributed by atoms with E-state index in [-0.39, 0.29) is 5.82 Å². The maximum absolute atomic E-state index is 13.3. The van der Waals surface area contributed by atoms with Crippen molar-refractivity contribution in [1.29, 1.82) is 0 Å². The molecule has 0 saturated heterocycles. The van der Waals surface area contributed by atoms with Crippen molar-refractivity contribution in [2.45, 2.75) is 32.6 Å². The average molecular weight is 197 g/mol. The average Bonchev–Trinajstić information content (AvgIpc) is 2.20. The SMILES string of the molecule is CCCCCc1cnc(OC)cc1F. The van der Waals surface area contributed by atoms with Crippen molar-refractivity contribution in [3.05, 3.63) is 23.6 Å². The number of aryl methyl sites for hydroxylation is 1. The van der Waals surface area contributed by atoms with Gasteiger partial charge in [-0.3, -0.25) is 0 Å². The molecule has 0 bridgehead atoms. The first-order chi connectivity index (χ1) is 6.77. The van der Waals surface area contributed by atoms with Gasteiger partial charge >= 0.3 is 0 Å². The highest BCUT2D eigenvalue weighted by molar-refractivity contribution is 5.20. The highest BCUT2D eigenvalue weighted by Crippen LogP contribution is 2.14. The molecule has 0 atom stereocenters. The van der Waals surface area contributed by atoms with Crippen LogP contribution in [0.1, 0.15) is 31.7 Å². The minimum atomic E-state index is -0.215. The van der Waals surface area contributed by atoms with Gasteiger partial charge < -0.3 is 4.74 Å². The van der Waals surface area contributed by atoms with Crippen LogP contribution >= 0.6 is 0 Å². The minimum absolute atomic E-state index is 0.215. The summed E-state index contributed by atoms with van der Waals surface area (Å²) in [5.41, 5.74) is 0.680. The van der Waals surface area contributed by atoms with Crippen molar-refractivity contribution < 1.29 is 9.13 Å². The minimum Gasteiger partial charge on any atom is -0.481 e. The summed E-state index contributed by atoms with van der Waals surface area (Å²) in [5, 5.41) is 0. The summed E-state index contributed by atoms with van der Waals surface area (Å²) in [4.78, 5) is 3.97. The Kier molecular flexibility index (Phi) is 4.36. The number of methoxy groups -OCH3 is 1. The van der Waals surface area contributed by atoms with Crippen LogP contribution < -0.4 is 4.74 Å². The zero-order valence-electron chi connectivity index (χ0n) is 8.72. The van der Waals surface area contributed by atoms with Gasteiger partial charge in [-0.25, -0.2) is 9.37 Å². The second-order valence-corrected chi connectivity index (χ2v) is 3.28. The topological polar surface area (TPSA) is 22.1 Å². The molecule has 1 aromatic heterocycles. The highest BCUT2D eigenvalue weighted by atomic mass is 19.1. The van der Waals surface area contributed by atoms with Crippen LogP contribution in [0.2, 0.25) is 0 Å². The number of rotatable bonds is 5. The van der Waals surface area contributed by atoms with E-state index in [4.69, 9.17) is 4.74 Å². The molecule has 0 saturated carbocycles. The summed E-state index contributed by atoms with van der Waals surface area (Å²) in [6.45, 7) is 2.13. The molecule has 0 aliphatic carbocycles. The van der Waals surface area contributed by atoms with E-state index in [2.05, 4.69) is 11.9 Å². The van der Waals surface area contributed by atoms with Crippen LogP contribution in [0.25, 0.3) is 0 Å². The molecule has 0 radical (unpaired) electrons. The summed E-state index contributed by atoms with van der Waals surface area (Å²) < 4.78 is 18.2. The van der Waals surface area contributed by atoms with Gasteiger partial charge in [0.15, 0.2) is 0 Å². The molecular formula is C11H16FNO. The largest absolute Gasteiger partial charge is 0.481 e. The van der Waals surface area contributed by atoms with Gasteiger partial charge in [-0.15, -0.1) is 0 Å². The Morgan fingerprint density at radius 2 is 2.21 bits per heavy atom. The zero-order chi connectivity index (χ0) is 10.4. The lowest BCUT2D eigenvalue weighted by Gasteiger charge is -2.03. The third-order valence-electron chi connectivity index (χ3n) is 2.16. The van der Waals surface area contributed by atoms with Crippen molar-refractivity contribution in [2.75, 3.05) is 7.11 Å². The monoisotopic (exact) mass is 197 g/mol. The summed E-state index contributed by atoms with van der Waals surface area (Å²) in [5.74, 6) is 0.120. The van der Waals surface area contributed by atoms with Gasteiger partial charge in [-0.05, 0) is 12.8 Å². The maximum Gasteiger partial charge on any atom is 0.215 e. The molecule has 0 aliphatic rings. The molecule has 0 aliphatic heterocycles. The molecule has 1 rings (SSSR count). The Balaban J connectivity index is 2.59. The first kappa shape index (κ1) is 11.0. The van der Waals surface area contributed by atoms with Crippen molar-refractivity contribution in [1.82, 2.24) is 4.98 Å². The first-order valence-corrected chi connectivity index (χ1v) is 4.96. The van der Waals surface area contributed by atoms with Gasteiger partial charge in [0, 0.05) is 17.8 Å². The molecule has 0 unspecified atom stereocenters. The van der Waals surface area contributed by atoms with E-state index < -0.39 is 0 Å². The first-order valence-electron chi connectivity index (χ1n) is 4.96. The van der Waals surface area contributed by atoms with Gasteiger partial charge in [0.1, 0.15) is 5.82 Å². The van der Waals surface area contributed by atoms with Crippen molar-refractivity contribution in [3.63, 3.8) is 0 Å². The van der Waals surface area contributed by atoms with Crippen LogP contribution in [0.4, 0.5) is 4.39 Å². The van der Waals surface area contributed by atoms with Gasteiger partial charge in [-0.1, -0.05) is 19.8 Å². The van der Waals surface area contributed by atoms with Crippen LogP contribution in [0.5, 0.6) is 5.88 Å². The molecule has 3 heteroatoms. The molecule has 0 spiro atoms. The number of aromatic nitrogens is 1. The molecule has 0 aromatic carbocycles. The standard InChI is InChI=1S/C11H16FNO/c1-3-4-5-6-9-8-13-11(14-2)7-10(9)12/h7-8H,3-6H2,1-2H3. The second-order valence-electron chi connectivity index (χ2n) is 3.28. The molecule has 14 heavy (non-hydrogen) atoms. The summed E-state index contributed by atoms with van der Waals surface area (Å²) >= 11 is 0. The van der Waals surface area contributed by atoms with Crippen molar-refractivity contribution in [3.8, 4) is 5.88 Å². The third-order valence-corrected chi connectivity index (χ3v) is 2.16. The quantitative estimate of drug-likeness (QED) is 0.677. The van der Waals surface area contributed by atoms with Gasteiger partial charge in [-0.2, -0.15) is 0 Å².